The highest BCUT2D eigenvalue weighted by molar-refractivity contribution is 7.88. The molecule has 1 aliphatic heterocycles. The Morgan fingerprint density at radius 2 is 1.78 bits per heavy atom. The van der Waals surface area contributed by atoms with Crippen molar-refractivity contribution in [1.29, 1.82) is 0 Å². The fourth-order valence-corrected chi connectivity index (χ4v) is 4.84. The monoisotopic (exact) mass is 406 g/mol. The molecule has 6 nitrogen and oxygen atoms in total. The summed E-state index contributed by atoms with van der Waals surface area (Å²) in [6, 6.07) is 7.61. The molecule has 1 aromatic carbocycles. The lowest BCUT2D eigenvalue weighted by molar-refractivity contribution is 0.386. The lowest BCUT2D eigenvalue weighted by Crippen LogP contribution is -2.49. The summed E-state index contributed by atoms with van der Waals surface area (Å²) in [5.74, 6) is 1.65. The minimum atomic E-state index is -3.15. The third kappa shape index (κ3) is 3.95. The highest BCUT2D eigenvalue weighted by Gasteiger charge is 2.28. The summed E-state index contributed by atoms with van der Waals surface area (Å²) in [4.78, 5) is 11.9. The summed E-state index contributed by atoms with van der Waals surface area (Å²) in [6.07, 6.45) is 5.49. The maximum absolute atomic E-state index is 11.8. The van der Waals surface area contributed by atoms with Gasteiger partial charge in [-0.3, -0.25) is 0 Å². The van der Waals surface area contributed by atoms with Crippen LogP contribution >= 0.6 is 11.6 Å². The Labute approximate surface area is 165 Å². The molecule has 0 saturated carbocycles. The van der Waals surface area contributed by atoms with Gasteiger partial charge in [-0.05, 0) is 37.8 Å². The molecule has 0 radical (unpaired) electrons. The van der Waals surface area contributed by atoms with E-state index in [2.05, 4.69) is 4.90 Å². The molecule has 144 valence electrons. The van der Waals surface area contributed by atoms with Gasteiger partial charge in [-0.15, -0.1) is 0 Å². The van der Waals surface area contributed by atoms with E-state index >= 15 is 0 Å². The Balaban J connectivity index is 1.70. The summed E-state index contributed by atoms with van der Waals surface area (Å²) in [5.41, 5.74) is 3.25. The molecule has 2 aliphatic rings. The third-order valence-corrected chi connectivity index (χ3v) is 6.79. The second-order valence-electron chi connectivity index (χ2n) is 7.16. The van der Waals surface area contributed by atoms with E-state index in [4.69, 9.17) is 21.6 Å². The molecule has 27 heavy (non-hydrogen) atoms. The van der Waals surface area contributed by atoms with Crippen molar-refractivity contribution >= 4 is 27.4 Å². The second-order valence-corrected chi connectivity index (χ2v) is 9.58. The SMILES string of the molecule is CS(=O)(=O)N1CCN(c2nc(-c3cccc(Cl)c3)nc3c2CCCC3)CC1. The Morgan fingerprint density at radius 1 is 1.04 bits per heavy atom. The van der Waals surface area contributed by atoms with Crippen LogP contribution in [0.15, 0.2) is 24.3 Å². The number of nitrogens with zero attached hydrogens (tertiary/aromatic N) is 4. The number of rotatable bonds is 3. The molecule has 1 saturated heterocycles. The molecule has 1 fully saturated rings. The van der Waals surface area contributed by atoms with Gasteiger partial charge in [0, 0.05) is 48.0 Å². The number of halogens is 1. The fraction of sp³-hybridized carbons (Fsp3) is 0.474. The van der Waals surface area contributed by atoms with Crippen LogP contribution in [0.5, 0.6) is 0 Å². The van der Waals surface area contributed by atoms with E-state index in [-0.39, 0.29) is 0 Å². The van der Waals surface area contributed by atoms with Gasteiger partial charge in [-0.25, -0.2) is 18.4 Å². The zero-order valence-corrected chi connectivity index (χ0v) is 16.9. The van der Waals surface area contributed by atoms with Crippen molar-refractivity contribution in [2.24, 2.45) is 0 Å². The van der Waals surface area contributed by atoms with E-state index in [0.717, 1.165) is 42.8 Å². The minimum Gasteiger partial charge on any atom is -0.354 e. The Hall–Kier alpha value is -1.70. The van der Waals surface area contributed by atoms with E-state index < -0.39 is 10.0 Å². The molecule has 0 amide bonds. The molecule has 8 heteroatoms. The molecule has 1 aliphatic carbocycles. The molecule has 0 spiro atoms. The van der Waals surface area contributed by atoms with Gasteiger partial charge in [0.05, 0.1) is 6.26 Å². The predicted octanol–water partition coefficient (Wildman–Crippen LogP) is 2.76. The molecule has 0 atom stereocenters. The molecule has 2 aromatic rings. The smallest absolute Gasteiger partial charge is 0.211 e. The number of benzene rings is 1. The lowest BCUT2D eigenvalue weighted by Gasteiger charge is -2.36. The van der Waals surface area contributed by atoms with E-state index in [1.807, 2.05) is 24.3 Å². The molecule has 0 unspecified atom stereocenters. The normalized spacial score (nSPS) is 18.4. The molecule has 0 bridgehead atoms. The number of anilines is 1. The van der Waals surface area contributed by atoms with Crippen LogP contribution in [-0.4, -0.2) is 55.1 Å². The molecular weight excluding hydrogens is 384 g/mol. The number of sulfonamides is 1. The Kier molecular flexibility index (Phi) is 5.09. The van der Waals surface area contributed by atoms with E-state index in [1.165, 1.54) is 16.1 Å². The molecule has 0 N–H and O–H groups in total. The maximum Gasteiger partial charge on any atom is 0.211 e. The standard InChI is InChI=1S/C19H23ClN4O2S/c1-27(25,26)24-11-9-23(10-12-24)19-16-7-2-3-8-17(16)21-18(22-19)14-5-4-6-15(20)13-14/h4-6,13H,2-3,7-12H2,1H3. The largest absolute Gasteiger partial charge is 0.354 e. The van der Waals surface area contributed by atoms with Crippen LogP contribution in [-0.2, 0) is 22.9 Å². The van der Waals surface area contributed by atoms with Crippen LogP contribution in [0, 0.1) is 0 Å². The Bertz CT molecular complexity index is 956. The second kappa shape index (κ2) is 7.37. The molecule has 4 rings (SSSR count). The van der Waals surface area contributed by atoms with Crippen LogP contribution in [0.3, 0.4) is 0 Å². The van der Waals surface area contributed by atoms with Crippen LogP contribution < -0.4 is 4.90 Å². The van der Waals surface area contributed by atoms with Gasteiger partial charge in [-0.1, -0.05) is 23.7 Å². The van der Waals surface area contributed by atoms with Crippen molar-refractivity contribution in [2.45, 2.75) is 25.7 Å². The van der Waals surface area contributed by atoms with Gasteiger partial charge in [0.25, 0.3) is 0 Å². The van der Waals surface area contributed by atoms with Crippen molar-refractivity contribution in [1.82, 2.24) is 14.3 Å². The summed E-state index contributed by atoms with van der Waals surface area (Å²) >= 11 is 6.16. The third-order valence-electron chi connectivity index (χ3n) is 5.25. The minimum absolute atomic E-state index is 0.490. The number of hydrogen-bond acceptors (Lipinski definition) is 5. The number of piperazine rings is 1. The van der Waals surface area contributed by atoms with Crippen LogP contribution in [0.1, 0.15) is 24.1 Å². The number of aryl methyl sites for hydroxylation is 1. The van der Waals surface area contributed by atoms with E-state index in [1.54, 1.807) is 0 Å². The lowest BCUT2D eigenvalue weighted by atomic mass is 9.95. The van der Waals surface area contributed by atoms with Crippen LogP contribution in [0.25, 0.3) is 11.4 Å². The first-order valence-electron chi connectivity index (χ1n) is 9.27. The van der Waals surface area contributed by atoms with Crippen molar-refractivity contribution in [2.75, 3.05) is 37.3 Å². The van der Waals surface area contributed by atoms with Gasteiger partial charge in [0.2, 0.25) is 10.0 Å². The zero-order chi connectivity index (χ0) is 19.0. The first-order valence-corrected chi connectivity index (χ1v) is 11.5. The van der Waals surface area contributed by atoms with Crippen LogP contribution in [0.2, 0.25) is 5.02 Å². The van der Waals surface area contributed by atoms with Gasteiger partial charge in [0.15, 0.2) is 5.82 Å². The summed E-state index contributed by atoms with van der Waals surface area (Å²) in [6.45, 7) is 2.27. The van der Waals surface area contributed by atoms with Crippen molar-refractivity contribution < 1.29 is 8.42 Å². The zero-order valence-electron chi connectivity index (χ0n) is 15.4. The number of hydrogen-bond donors (Lipinski definition) is 0. The van der Waals surface area contributed by atoms with Gasteiger partial charge < -0.3 is 4.90 Å². The summed E-state index contributed by atoms with van der Waals surface area (Å²) in [7, 11) is -3.15. The number of fused-ring (bicyclic) bond motifs is 1. The molecule has 2 heterocycles. The first-order chi connectivity index (χ1) is 12.9. The van der Waals surface area contributed by atoms with E-state index in [0.29, 0.717) is 37.0 Å². The van der Waals surface area contributed by atoms with Crippen molar-refractivity contribution in [3.63, 3.8) is 0 Å². The van der Waals surface area contributed by atoms with E-state index in [9.17, 15) is 8.42 Å². The van der Waals surface area contributed by atoms with Crippen molar-refractivity contribution in [3.8, 4) is 11.4 Å². The number of aromatic nitrogens is 2. The molecule has 1 aromatic heterocycles. The Morgan fingerprint density at radius 3 is 2.48 bits per heavy atom. The molecular formula is C19H23ClN4O2S. The fourth-order valence-electron chi connectivity index (χ4n) is 3.82. The predicted molar refractivity (Wildman–Crippen MR) is 108 cm³/mol. The topological polar surface area (TPSA) is 66.4 Å². The van der Waals surface area contributed by atoms with Crippen LogP contribution in [0.4, 0.5) is 5.82 Å². The van der Waals surface area contributed by atoms with Gasteiger partial charge in [-0.2, -0.15) is 4.31 Å². The quantitative estimate of drug-likeness (QED) is 0.784. The maximum atomic E-state index is 11.8. The average Bonchev–Trinajstić information content (AvgIpc) is 2.66. The summed E-state index contributed by atoms with van der Waals surface area (Å²) in [5, 5.41) is 0.664. The van der Waals surface area contributed by atoms with Crippen molar-refractivity contribution in [3.05, 3.63) is 40.5 Å². The first kappa shape index (κ1) is 18.7. The summed E-state index contributed by atoms with van der Waals surface area (Å²) < 4.78 is 25.1. The van der Waals surface area contributed by atoms with Gasteiger partial charge in [0.1, 0.15) is 5.82 Å². The highest BCUT2D eigenvalue weighted by Crippen LogP contribution is 2.32. The van der Waals surface area contributed by atoms with Gasteiger partial charge >= 0.3 is 0 Å². The highest BCUT2D eigenvalue weighted by atomic mass is 35.5. The average molecular weight is 407 g/mol.